The van der Waals surface area contributed by atoms with Crippen molar-refractivity contribution in [3.8, 4) is 16.9 Å². The van der Waals surface area contributed by atoms with Crippen molar-refractivity contribution in [3.05, 3.63) is 66.4 Å². The van der Waals surface area contributed by atoms with Crippen LogP contribution in [-0.2, 0) is 20.0 Å². The van der Waals surface area contributed by atoms with E-state index < -0.39 is 0 Å². The molecule has 0 bridgehead atoms. The third-order valence-corrected chi connectivity index (χ3v) is 6.78. The average Bonchev–Trinajstić information content (AvgIpc) is 3.09. The molecule has 0 atom stereocenters. The number of aromatic nitrogens is 2. The first-order valence-electron chi connectivity index (χ1n) is 10.1. The van der Waals surface area contributed by atoms with Crippen molar-refractivity contribution < 1.29 is 14.1 Å². The lowest BCUT2D eigenvalue weighted by molar-refractivity contribution is 0.0725. The van der Waals surface area contributed by atoms with Crippen LogP contribution in [0.2, 0.25) is 10.0 Å². The second-order valence-electron chi connectivity index (χ2n) is 7.95. The summed E-state index contributed by atoms with van der Waals surface area (Å²) in [6.07, 6.45) is 0.524. The van der Waals surface area contributed by atoms with Crippen LogP contribution in [0.25, 0.3) is 11.1 Å². The van der Waals surface area contributed by atoms with E-state index in [0.29, 0.717) is 62.5 Å². The van der Waals surface area contributed by atoms with E-state index in [9.17, 15) is 9.59 Å². The number of nitrogens with zero attached hydrogens (tertiary/aromatic N) is 3. The summed E-state index contributed by atoms with van der Waals surface area (Å²) in [5.74, 6) is 0.766. The van der Waals surface area contributed by atoms with Gasteiger partial charge < -0.3 is 18.7 Å². The van der Waals surface area contributed by atoms with E-state index in [1.807, 2.05) is 13.8 Å². The Morgan fingerprint density at radius 1 is 1.16 bits per heavy atom. The van der Waals surface area contributed by atoms with Gasteiger partial charge >= 0.3 is 0 Å². The van der Waals surface area contributed by atoms with Gasteiger partial charge in [0.25, 0.3) is 11.5 Å². The largest absolute Gasteiger partial charge is 0.496 e. The number of aryl methyl sites for hydroxylation is 3. The number of benzene rings is 1. The molecule has 0 N–H and O–H groups in total. The van der Waals surface area contributed by atoms with Gasteiger partial charge in [-0.3, -0.25) is 9.59 Å². The quantitative estimate of drug-likeness (QED) is 0.555. The predicted molar refractivity (Wildman–Crippen MR) is 123 cm³/mol. The van der Waals surface area contributed by atoms with Crippen LogP contribution in [0.5, 0.6) is 5.75 Å². The summed E-state index contributed by atoms with van der Waals surface area (Å²) in [6.45, 7) is 5.94. The molecule has 3 aromatic rings. The third kappa shape index (κ3) is 3.49. The van der Waals surface area contributed by atoms with E-state index in [4.69, 9.17) is 32.5 Å². The maximum absolute atomic E-state index is 13.5. The smallest absolute Gasteiger partial charge is 0.259 e. The van der Waals surface area contributed by atoms with Gasteiger partial charge in [-0.1, -0.05) is 28.4 Å². The summed E-state index contributed by atoms with van der Waals surface area (Å²) in [7, 11) is 3.21. The van der Waals surface area contributed by atoms with E-state index in [1.54, 1.807) is 35.6 Å². The van der Waals surface area contributed by atoms with E-state index in [0.717, 1.165) is 11.3 Å². The number of pyridine rings is 1. The SMILES string of the molecule is COc1cc(C)n(C)c(=O)c1CN1CCc2c(Cl)cc(-c3c(C)noc3C)c(Cl)c2C1=O. The van der Waals surface area contributed by atoms with Crippen molar-refractivity contribution >= 4 is 29.1 Å². The molecule has 0 radical (unpaired) electrons. The Morgan fingerprint density at radius 2 is 1.88 bits per heavy atom. The molecule has 0 saturated carbocycles. The first-order valence-corrected chi connectivity index (χ1v) is 10.9. The van der Waals surface area contributed by atoms with Gasteiger partial charge in [-0.05, 0) is 44.9 Å². The van der Waals surface area contributed by atoms with Crippen LogP contribution < -0.4 is 10.3 Å². The van der Waals surface area contributed by atoms with Crippen LogP contribution in [0.4, 0.5) is 0 Å². The first kappa shape index (κ1) is 22.4. The number of ether oxygens (including phenoxy) is 1. The zero-order valence-corrected chi connectivity index (χ0v) is 20.0. The highest BCUT2D eigenvalue weighted by atomic mass is 35.5. The molecule has 1 aromatic carbocycles. The van der Waals surface area contributed by atoms with Crippen LogP contribution in [0.1, 0.15) is 38.6 Å². The fourth-order valence-corrected chi connectivity index (χ4v) is 4.84. The van der Waals surface area contributed by atoms with E-state index in [2.05, 4.69) is 5.16 Å². The number of hydrogen-bond donors (Lipinski definition) is 0. The maximum Gasteiger partial charge on any atom is 0.259 e. The number of fused-ring (bicyclic) bond motifs is 1. The van der Waals surface area contributed by atoms with Crippen molar-refractivity contribution in [1.82, 2.24) is 14.6 Å². The van der Waals surface area contributed by atoms with Gasteiger partial charge in [-0.15, -0.1) is 0 Å². The molecule has 1 aliphatic rings. The average molecular weight is 476 g/mol. The van der Waals surface area contributed by atoms with E-state index >= 15 is 0 Å². The Hall–Kier alpha value is -2.77. The normalized spacial score (nSPS) is 13.5. The molecule has 7 nitrogen and oxygen atoms in total. The van der Waals surface area contributed by atoms with Crippen LogP contribution in [0, 0.1) is 20.8 Å². The van der Waals surface area contributed by atoms with Crippen LogP contribution >= 0.6 is 23.2 Å². The Kier molecular flexibility index (Phi) is 5.81. The highest BCUT2D eigenvalue weighted by molar-refractivity contribution is 6.39. The lowest BCUT2D eigenvalue weighted by atomic mass is 9.93. The molecule has 168 valence electrons. The summed E-state index contributed by atoms with van der Waals surface area (Å²) >= 11 is 13.3. The number of carbonyl (C=O) groups is 1. The summed E-state index contributed by atoms with van der Waals surface area (Å²) in [4.78, 5) is 28.0. The van der Waals surface area contributed by atoms with Crippen molar-refractivity contribution in [1.29, 1.82) is 0 Å². The first-order chi connectivity index (χ1) is 15.1. The van der Waals surface area contributed by atoms with Gasteiger partial charge in [0.05, 0.1) is 35.5 Å². The topological polar surface area (TPSA) is 77.6 Å². The molecule has 0 unspecified atom stereocenters. The third-order valence-electron chi connectivity index (χ3n) is 6.05. The molecule has 3 heterocycles. The molecule has 0 spiro atoms. The molecule has 9 heteroatoms. The summed E-state index contributed by atoms with van der Waals surface area (Å²) in [6, 6.07) is 3.55. The molecule has 1 aliphatic heterocycles. The predicted octanol–water partition coefficient (Wildman–Crippen LogP) is 4.48. The van der Waals surface area contributed by atoms with Crippen LogP contribution in [-0.4, -0.2) is 34.2 Å². The number of carbonyl (C=O) groups excluding carboxylic acids is 1. The second-order valence-corrected chi connectivity index (χ2v) is 8.73. The molecule has 2 aromatic heterocycles. The molecule has 4 rings (SSSR count). The lowest BCUT2D eigenvalue weighted by Crippen LogP contribution is -2.39. The number of rotatable bonds is 4. The minimum absolute atomic E-state index is 0.109. The van der Waals surface area contributed by atoms with E-state index in [-0.39, 0.29) is 18.0 Å². The summed E-state index contributed by atoms with van der Waals surface area (Å²) < 4.78 is 12.2. The summed E-state index contributed by atoms with van der Waals surface area (Å²) in [5.41, 5.74) is 4.03. The molecular formula is C23H23Cl2N3O4. The van der Waals surface area contributed by atoms with Gasteiger partial charge in [0.2, 0.25) is 0 Å². The fourth-order valence-electron chi connectivity index (χ4n) is 4.20. The number of amides is 1. The zero-order valence-electron chi connectivity index (χ0n) is 18.5. The molecular weight excluding hydrogens is 453 g/mol. The Balaban J connectivity index is 1.80. The summed E-state index contributed by atoms with van der Waals surface area (Å²) in [5, 5.41) is 4.76. The van der Waals surface area contributed by atoms with Gasteiger partial charge in [0.1, 0.15) is 11.5 Å². The lowest BCUT2D eigenvalue weighted by Gasteiger charge is -2.31. The fraction of sp³-hybridized carbons (Fsp3) is 0.348. The Bertz CT molecular complexity index is 1290. The molecule has 32 heavy (non-hydrogen) atoms. The highest BCUT2D eigenvalue weighted by Gasteiger charge is 2.32. The van der Waals surface area contributed by atoms with E-state index in [1.165, 1.54) is 7.11 Å². The minimum atomic E-state index is -0.281. The zero-order chi connectivity index (χ0) is 23.3. The monoisotopic (exact) mass is 475 g/mol. The van der Waals surface area contributed by atoms with Gasteiger partial charge in [0.15, 0.2) is 0 Å². The molecule has 0 fully saturated rings. The van der Waals surface area contributed by atoms with Crippen LogP contribution in [0.15, 0.2) is 21.5 Å². The standard InChI is InChI=1S/C23H23Cl2N3O4/c1-11-8-18(31-5)16(22(29)27(11)4)10-28-7-6-14-17(24)9-15(21(25)20(14)23(28)30)19-12(2)26-32-13(19)3/h8-9H,6-7,10H2,1-5H3. The maximum atomic E-state index is 13.5. The minimum Gasteiger partial charge on any atom is -0.496 e. The Morgan fingerprint density at radius 3 is 2.50 bits per heavy atom. The van der Waals surface area contributed by atoms with Gasteiger partial charge in [0, 0.05) is 35.4 Å². The van der Waals surface area contributed by atoms with Crippen molar-refractivity contribution in [2.24, 2.45) is 7.05 Å². The van der Waals surface area contributed by atoms with Crippen molar-refractivity contribution in [2.75, 3.05) is 13.7 Å². The number of halogens is 2. The van der Waals surface area contributed by atoms with Gasteiger partial charge in [-0.25, -0.2) is 0 Å². The molecule has 0 saturated heterocycles. The molecule has 1 amide bonds. The van der Waals surface area contributed by atoms with Gasteiger partial charge in [-0.2, -0.15) is 0 Å². The van der Waals surface area contributed by atoms with Crippen LogP contribution in [0.3, 0.4) is 0 Å². The second kappa shape index (κ2) is 8.30. The Labute approximate surface area is 195 Å². The molecule has 0 aliphatic carbocycles. The van der Waals surface area contributed by atoms with Crippen molar-refractivity contribution in [3.63, 3.8) is 0 Å². The highest BCUT2D eigenvalue weighted by Crippen LogP contribution is 2.41. The van der Waals surface area contributed by atoms with Crippen molar-refractivity contribution in [2.45, 2.75) is 33.7 Å². The number of hydrogen-bond acceptors (Lipinski definition) is 5. The number of methoxy groups -OCH3 is 1.